The Kier molecular flexibility index (Phi) is 6.85. The molecule has 2 heterocycles. The van der Waals surface area contributed by atoms with Gasteiger partial charge in [-0.3, -0.25) is 19.5 Å². The van der Waals surface area contributed by atoms with Crippen LogP contribution in [-0.2, 0) is 0 Å². The third kappa shape index (κ3) is 4.90. The second kappa shape index (κ2) is 9.98. The number of halogens is 2. The number of allylic oxidation sites excluding steroid dienone is 1. The monoisotopic (exact) mass is 468 g/mol. The standard InChI is InChI=1S/C24H26F2N6O2/c1-28-11-17(9-27)21-8-16-13-32(31-22(16)12-29-21)18-4-2-14(3-5-18)10-30-24(34)15-6-19(25)23(33)20(26)7-15/h6-9,11-14,18,33H,2-5,10,27H2,1H3,(H,30,34). The Morgan fingerprint density at radius 3 is 2.62 bits per heavy atom. The fraction of sp³-hybridized carbons (Fsp3) is 0.333. The lowest BCUT2D eigenvalue weighted by atomic mass is 9.86. The van der Waals surface area contributed by atoms with Gasteiger partial charge in [-0.15, -0.1) is 0 Å². The average Bonchev–Trinajstić information content (AvgIpc) is 3.27. The first-order valence-electron chi connectivity index (χ1n) is 11.0. The molecule has 3 aromatic rings. The van der Waals surface area contributed by atoms with Gasteiger partial charge in [0, 0.05) is 48.7 Å². The molecule has 4 N–H and O–H groups in total. The van der Waals surface area contributed by atoms with E-state index in [9.17, 15) is 18.7 Å². The third-order valence-electron chi connectivity index (χ3n) is 6.17. The SMILES string of the molecule is CN=CC(=CN)c1cc2cn(C3CCC(CNC(=O)c4cc(F)c(O)c(F)c4)CC3)nc2cn1. The van der Waals surface area contributed by atoms with Crippen molar-refractivity contribution in [3.8, 4) is 5.75 Å². The van der Waals surface area contributed by atoms with Crippen molar-refractivity contribution in [3.05, 3.63) is 59.7 Å². The molecule has 1 aromatic carbocycles. The lowest BCUT2D eigenvalue weighted by Crippen LogP contribution is -2.31. The zero-order chi connectivity index (χ0) is 24.2. The van der Waals surface area contributed by atoms with Crippen LogP contribution in [0.2, 0.25) is 0 Å². The highest BCUT2D eigenvalue weighted by molar-refractivity contribution is 6.09. The molecule has 1 fully saturated rings. The van der Waals surface area contributed by atoms with Crippen LogP contribution in [0.3, 0.4) is 0 Å². The van der Waals surface area contributed by atoms with Crippen molar-refractivity contribution in [1.82, 2.24) is 20.1 Å². The molecule has 1 aliphatic carbocycles. The molecule has 178 valence electrons. The Labute approximate surface area is 195 Å². The highest BCUT2D eigenvalue weighted by atomic mass is 19.1. The molecule has 4 rings (SSSR count). The van der Waals surface area contributed by atoms with E-state index in [1.165, 1.54) is 6.20 Å². The fourth-order valence-electron chi connectivity index (χ4n) is 4.27. The molecule has 0 spiro atoms. The van der Waals surface area contributed by atoms with Gasteiger partial charge in [-0.2, -0.15) is 5.10 Å². The molecular weight excluding hydrogens is 442 g/mol. The number of fused-ring (bicyclic) bond motifs is 1. The van der Waals surface area contributed by atoms with E-state index in [0.717, 1.165) is 60.0 Å². The predicted molar refractivity (Wildman–Crippen MR) is 125 cm³/mol. The first-order valence-corrected chi connectivity index (χ1v) is 11.0. The van der Waals surface area contributed by atoms with Gasteiger partial charge in [0.2, 0.25) is 0 Å². The Hall–Kier alpha value is -3.82. The van der Waals surface area contributed by atoms with Gasteiger partial charge in [-0.05, 0) is 49.8 Å². The number of hydrogen-bond acceptors (Lipinski definition) is 6. The summed E-state index contributed by atoms with van der Waals surface area (Å²) in [4.78, 5) is 20.7. The summed E-state index contributed by atoms with van der Waals surface area (Å²) in [7, 11) is 1.68. The van der Waals surface area contributed by atoms with E-state index in [4.69, 9.17) is 5.73 Å². The quantitative estimate of drug-likeness (QED) is 0.478. The molecule has 0 radical (unpaired) electrons. The minimum atomic E-state index is -1.16. The Morgan fingerprint density at radius 1 is 1.26 bits per heavy atom. The Balaban J connectivity index is 1.35. The van der Waals surface area contributed by atoms with Gasteiger partial charge < -0.3 is 16.2 Å². The van der Waals surface area contributed by atoms with Crippen molar-refractivity contribution in [2.45, 2.75) is 31.7 Å². The molecule has 1 amide bonds. The van der Waals surface area contributed by atoms with Gasteiger partial charge in [0.25, 0.3) is 5.91 Å². The maximum Gasteiger partial charge on any atom is 0.251 e. The number of aliphatic imine (C=N–C) groups is 1. The van der Waals surface area contributed by atoms with Crippen molar-refractivity contribution in [2.75, 3.05) is 13.6 Å². The summed E-state index contributed by atoms with van der Waals surface area (Å²) in [5.41, 5.74) is 7.79. The number of aromatic hydroxyl groups is 1. The number of nitrogens with two attached hydrogens (primary N) is 1. The zero-order valence-electron chi connectivity index (χ0n) is 18.7. The van der Waals surface area contributed by atoms with Crippen LogP contribution in [0.4, 0.5) is 8.78 Å². The number of phenols is 1. The molecular formula is C24H26F2N6O2. The van der Waals surface area contributed by atoms with Crippen LogP contribution in [-0.4, -0.2) is 45.6 Å². The number of pyridine rings is 1. The fourth-order valence-corrected chi connectivity index (χ4v) is 4.27. The normalized spacial score (nSPS) is 19.1. The van der Waals surface area contributed by atoms with Crippen molar-refractivity contribution in [2.24, 2.45) is 16.6 Å². The van der Waals surface area contributed by atoms with Crippen LogP contribution in [0.5, 0.6) is 5.75 Å². The number of carbonyl (C=O) groups is 1. The van der Waals surface area contributed by atoms with Gasteiger partial charge in [-0.1, -0.05) is 0 Å². The van der Waals surface area contributed by atoms with Crippen molar-refractivity contribution in [1.29, 1.82) is 0 Å². The predicted octanol–water partition coefficient (Wildman–Crippen LogP) is 3.58. The van der Waals surface area contributed by atoms with E-state index in [1.807, 2.05) is 16.9 Å². The van der Waals surface area contributed by atoms with Crippen molar-refractivity contribution >= 4 is 28.6 Å². The van der Waals surface area contributed by atoms with Gasteiger partial charge in [-0.25, -0.2) is 8.78 Å². The van der Waals surface area contributed by atoms with Crippen LogP contribution < -0.4 is 11.1 Å². The largest absolute Gasteiger partial charge is 0.503 e. The van der Waals surface area contributed by atoms with Gasteiger partial charge in [0.05, 0.1) is 17.9 Å². The molecule has 0 atom stereocenters. The summed E-state index contributed by atoms with van der Waals surface area (Å²) < 4.78 is 29.0. The highest BCUT2D eigenvalue weighted by Crippen LogP contribution is 2.32. The second-order valence-electron chi connectivity index (χ2n) is 8.42. The number of benzene rings is 1. The highest BCUT2D eigenvalue weighted by Gasteiger charge is 2.24. The van der Waals surface area contributed by atoms with Crippen LogP contribution in [0.1, 0.15) is 47.8 Å². The zero-order valence-corrected chi connectivity index (χ0v) is 18.7. The maximum atomic E-state index is 13.5. The Bertz CT molecular complexity index is 1240. The first-order chi connectivity index (χ1) is 16.4. The van der Waals surface area contributed by atoms with Crippen LogP contribution >= 0.6 is 0 Å². The number of nitrogens with zero attached hydrogens (tertiary/aromatic N) is 4. The molecule has 1 aliphatic rings. The smallest absolute Gasteiger partial charge is 0.251 e. The number of amides is 1. The molecule has 34 heavy (non-hydrogen) atoms. The van der Waals surface area contributed by atoms with E-state index >= 15 is 0 Å². The molecule has 0 unspecified atom stereocenters. The minimum absolute atomic E-state index is 0.157. The summed E-state index contributed by atoms with van der Waals surface area (Å²) in [5, 5.41) is 17.6. The number of phenolic OH excluding ortho intramolecular Hbond substituents is 1. The van der Waals surface area contributed by atoms with Crippen LogP contribution in [0.15, 0.2) is 41.8 Å². The van der Waals surface area contributed by atoms with Crippen LogP contribution in [0, 0.1) is 17.6 Å². The summed E-state index contributed by atoms with van der Waals surface area (Å²) >= 11 is 0. The van der Waals surface area contributed by atoms with Gasteiger partial charge in [0.1, 0.15) is 5.52 Å². The van der Waals surface area contributed by atoms with E-state index in [0.29, 0.717) is 6.54 Å². The Morgan fingerprint density at radius 2 is 1.97 bits per heavy atom. The average molecular weight is 469 g/mol. The second-order valence-corrected chi connectivity index (χ2v) is 8.42. The van der Waals surface area contributed by atoms with Gasteiger partial charge in [0.15, 0.2) is 17.4 Å². The van der Waals surface area contributed by atoms with E-state index in [2.05, 4.69) is 20.4 Å². The number of carbonyl (C=O) groups excluding carboxylic acids is 1. The number of hydrogen-bond donors (Lipinski definition) is 3. The number of rotatable bonds is 6. The van der Waals surface area contributed by atoms with E-state index in [1.54, 1.807) is 19.5 Å². The summed E-state index contributed by atoms with van der Waals surface area (Å²) in [6.45, 7) is 0.414. The topological polar surface area (TPSA) is 118 Å². The lowest BCUT2D eigenvalue weighted by molar-refractivity contribution is 0.0940. The molecule has 2 aromatic heterocycles. The van der Waals surface area contributed by atoms with Crippen LogP contribution in [0.25, 0.3) is 16.5 Å². The molecule has 0 bridgehead atoms. The molecule has 10 heteroatoms. The maximum absolute atomic E-state index is 13.5. The summed E-state index contributed by atoms with van der Waals surface area (Å²) in [6, 6.07) is 3.84. The van der Waals surface area contributed by atoms with E-state index in [-0.39, 0.29) is 17.5 Å². The summed E-state index contributed by atoms with van der Waals surface area (Å²) in [6.07, 6.45) is 10.4. The number of nitrogens with one attached hydrogen (secondary N) is 1. The third-order valence-corrected chi connectivity index (χ3v) is 6.17. The van der Waals surface area contributed by atoms with Gasteiger partial charge >= 0.3 is 0 Å². The molecule has 1 saturated carbocycles. The minimum Gasteiger partial charge on any atom is -0.503 e. The molecule has 0 aliphatic heterocycles. The number of aromatic nitrogens is 3. The molecule has 8 nitrogen and oxygen atoms in total. The lowest BCUT2D eigenvalue weighted by Gasteiger charge is -2.28. The van der Waals surface area contributed by atoms with Crippen molar-refractivity contribution in [3.63, 3.8) is 0 Å². The van der Waals surface area contributed by atoms with Crippen molar-refractivity contribution < 1.29 is 18.7 Å². The molecule has 0 saturated heterocycles. The van der Waals surface area contributed by atoms with E-state index < -0.39 is 23.3 Å². The summed E-state index contributed by atoms with van der Waals surface area (Å²) in [5.74, 6) is -3.71. The first kappa shape index (κ1) is 23.3.